The van der Waals surface area contributed by atoms with Gasteiger partial charge in [0.15, 0.2) is 0 Å². The highest BCUT2D eigenvalue weighted by atomic mass is 32.1. The fourth-order valence-electron chi connectivity index (χ4n) is 3.28. The highest BCUT2D eigenvalue weighted by molar-refractivity contribution is 7.14. The molecule has 3 rings (SSSR count). The van der Waals surface area contributed by atoms with E-state index in [4.69, 9.17) is 5.11 Å². The molecule has 1 aliphatic heterocycles. The number of benzene rings is 1. The zero-order valence-corrected chi connectivity index (χ0v) is 18.6. The summed E-state index contributed by atoms with van der Waals surface area (Å²) in [6.07, 6.45) is 4.69. The van der Waals surface area contributed by atoms with E-state index in [9.17, 15) is 14.7 Å². The fraction of sp³-hybridized carbons (Fsp3) is 0.308. The van der Waals surface area contributed by atoms with Gasteiger partial charge in [0, 0.05) is 18.4 Å². The molecule has 0 radical (unpaired) electrons. The number of carbonyl (C=O) groups is 2. The third kappa shape index (κ3) is 6.59. The van der Waals surface area contributed by atoms with Crippen molar-refractivity contribution in [2.75, 3.05) is 6.54 Å². The average Bonchev–Trinajstić information content (AvgIpc) is 3.40. The molecule has 0 spiro atoms. The maximum absolute atomic E-state index is 12.2. The summed E-state index contributed by atoms with van der Waals surface area (Å²) >= 11 is 1.11. The molecule has 0 bridgehead atoms. The van der Waals surface area contributed by atoms with E-state index in [1.54, 1.807) is 17.0 Å². The second-order valence-corrected chi connectivity index (χ2v) is 8.71. The Kier molecular flexibility index (Phi) is 8.27. The van der Waals surface area contributed by atoms with Gasteiger partial charge in [0.25, 0.3) is 0 Å². The molecule has 164 valence electrons. The molecule has 5 nitrogen and oxygen atoms in total. The highest BCUT2D eigenvalue weighted by Gasteiger charge is 2.28. The van der Waals surface area contributed by atoms with Gasteiger partial charge in [-0.15, -0.1) is 11.3 Å². The molecule has 1 amide bonds. The molecule has 6 heteroatoms. The summed E-state index contributed by atoms with van der Waals surface area (Å²) in [7, 11) is 0. The number of hydrogen-bond acceptors (Lipinski definition) is 4. The lowest BCUT2D eigenvalue weighted by molar-refractivity contribution is -0.127. The second-order valence-electron chi connectivity index (χ2n) is 7.62. The predicted octanol–water partition coefficient (Wildman–Crippen LogP) is 3.78. The number of aromatic carboxylic acids is 1. The molecule has 1 aromatic heterocycles. The third-order valence-electron chi connectivity index (χ3n) is 5.20. The Bertz CT molecular complexity index is 1100. The molecule has 3 atom stereocenters. The first kappa shape index (κ1) is 23.3. The summed E-state index contributed by atoms with van der Waals surface area (Å²) < 4.78 is 0. The van der Waals surface area contributed by atoms with Crippen molar-refractivity contribution in [2.24, 2.45) is 5.92 Å². The molecular formula is C26H25NO4S. The first-order chi connectivity index (χ1) is 15.4. The number of amides is 1. The maximum atomic E-state index is 12.2. The number of rotatable bonds is 6. The summed E-state index contributed by atoms with van der Waals surface area (Å²) in [5.74, 6) is 11.1. The molecule has 2 heterocycles. The quantitative estimate of drug-likeness (QED) is 0.522. The van der Waals surface area contributed by atoms with E-state index in [0.717, 1.165) is 16.9 Å². The Balaban J connectivity index is 1.54. The zero-order valence-electron chi connectivity index (χ0n) is 17.8. The summed E-state index contributed by atoms with van der Waals surface area (Å²) in [4.78, 5) is 25.8. The van der Waals surface area contributed by atoms with Gasteiger partial charge in [-0.3, -0.25) is 4.79 Å². The average molecular weight is 448 g/mol. The van der Waals surface area contributed by atoms with Gasteiger partial charge in [-0.05, 0) is 36.6 Å². The highest BCUT2D eigenvalue weighted by Crippen LogP contribution is 2.21. The third-order valence-corrected chi connectivity index (χ3v) is 6.19. The van der Waals surface area contributed by atoms with Crippen LogP contribution < -0.4 is 0 Å². The Morgan fingerprint density at radius 3 is 2.72 bits per heavy atom. The minimum atomic E-state index is -0.971. The Hall–Kier alpha value is -3.32. The zero-order chi connectivity index (χ0) is 22.9. The molecule has 2 N–H and O–H groups in total. The standard InChI is InChI=1S/C26H25NO4S/c1-19(7-5-10-20-8-3-2-4-9-20)23(28)15-12-21-13-17-25(29)27(21)18-6-11-22-14-16-24(32-22)26(30)31/h2-4,8-9,12,14-16,19,21,23,28H,7,13,17-18H2,1H3,(H,30,31)/t19-,21-,23+/m0/s1. The van der Waals surface area contributed by atoms with Crippen LogP contribution in [0.2, 0.25) is 0 Å². The molecule has 32 heavy (non-hydrogen) atoms. The lowest BCUT2D eigenvalue weighted by Gasteiger charge is -2.20. The lowest BCUT2D eigenvalue weighted by atomic mass is 9.99. The van der Waals surface area contributed by atoms with Crippen LogP contribution in [0.3, 0.4) is 0 Å². The van der Waals surface area contributed by atoms with Crippen molar-refractivity contribution in [1.82, 2.24) is 4.90 Å². The summed E-state index contributed by atoms with van der Waals surface area (Å²) in [6, 6.07) is 12.8. The molecule has 0 unspecified atom stereocenters. The van der Waals surface area contributed by atoms with Crippen molar-refractivity contribution in [3.8, 4) is 23.7 Å². The van der Waals surface area contributed by atoms with Crippen LogP contribution in [-0.4, -0.2) is 45.7 Å². The van der Waals surface area contributed by atoms with Crippen LogP contribution >= 0.6 is 11.3 Å². The van der Waals surface area contributed by atoms with Crippen molar-refractivity contribution in [3.05, 3.63) is 69.9 Å². The molecule has 0 aliphatic carbocycles. The van der Waals surface area contributed by atoms with Crippen LogP contribution in [-0.2, 0) is 4.79 Å². The van der Waals surface area contributed by atoms with Gasteiger partial charge < -0.3 is 15.1 Å². The maximum Gasteiger partial charge on any atom is 0.345 e. The predicted molar refractivity (Wildman–Crippen MR) is 125 cm³/mol. The number of nitrogens with zero attached hydrogens (tertiary/aromatic N) is 1. The number of aliphatic hydroxyl groups is 1. The second kappa shape index (κ2) is 11.3. The summed E-state index contributed by atoms with van der Waals surface area (Å²) in [6.45, 7) is 2.21. The van der Waals surface area contributed by atoms with E-state index >= 15 is 0 Å². The first-order valence-corrected chi connectivity index (χ1v) is 11.3. The minimum absolute atomic E-state index is 0.0302. The number of carboxylic acid groups (broad SMARTS) is 1. The number of thiophene rings is 1. The molecule has 1 saturated heterocycles. The van der Waals surface area contributed by atoms with Crippen LogP contribution in [0.4, 0.5) is 0 Å². The Morgan fingerprint density at radius 2 is 2.00 bits per heavy atom. The number of carboxylic acids is 1. The van der Waals surface area contributed by atoms with Gasteiger partial charge in [-0.1, -0.05) is 61.0 Å². The van der Waals surface area contributed by atoms with E-state index < -0.39 is 12.1 Å². The van der Waals surface area contributed by atoms with Crippen molar-refractivity contribution < 1.29 is 19.8 Å². The van der Waals surface area contributed by atoms with Gasteiger partial charge >= 0.3 is 5.97 Å². The van der Waals surface area contributed by atoms with E-state index in [1.165, 1.54) is 6.07 Å². The van der Waals surface area contributed by atoms with Crippen LogP contribution in [0, 0.1) is 29.6 Å². The van der Waals surface area contributed by atoms with E-state index in [0.29, 0.717) is 24.1 Å². The molecule has 0 saturated carbocycles. The van der Waals surface area contributed by atoms with Crippen LogP contribution in [0.15, 0.2) is 54.6 Å². The van der Waals surface area contributed by atoms with Crippen molar-refractivity contribution >= 4 is 23.2 Å². The van der Waals surface area contributed by atoms with Gasteiger partial charge in [0.05, 0.1) is 23.6 Å². The van der Waals surface area contributed by atoms with Crippen molar-refractivity contribution in [2.45, 2.75) is 38.3 Å². The number of hydrogen-bond donors (Lipinski definition) is 2. The van der Waals surface area contributed by atoms with Crippen LogP contribution in [0.1, 0.15) is 46.3 Å². The largest absolute Gasteiger partial charge is 0.477 e. The van der Waals surface area contributed by atoms with Gasteiger partial charge in [-0.25, -0.2) is 4.79 Å². The molecule has 1 fully saturated rings. The lowest BCUT2D eigenvalue weighted by Crippen LogP contribution is -2.32. The molecular weight excluding hydrogens is 422 g/mol. The summed E-state index contributed by atoms with van der Waals surface area (Å²) in [5, 5.41) is 19.4. The van der Waals surface area contributed by atoms with Gasteiger partial charge in [-0.2, -0.15) is 0 Å². The molecule has 1 aliphatic rings. The smallest absolute Gasteiger partial charge is 0.345 e. The van der Waals surface area contributed by atoms with E-state index in [-0.39, 0.29) is 29.3 Å². The van der Waals surface area contributed by atoms with Gasteiger partial charge in [0.2, 0.25) is 5.91 Å². The van der Waals surface area contributed by atoms with Crippen molar-refractivity contribution in [1.29, 1.82) is 0 Å². The Labute approximate surface area is 192 Å². The topological polar surface area (TPSA) is 77.8 Å². The number of likely N-dealkylation sites (tertiary alicyclic amines) is 1. The molecule has 1 aromatic carbocycles. The van der Waals surface area contributed by atoms with Crippen LogP contribution in [0.5, 0.6) is 0 Å². The van der Waals surface area contributed by atoms with Crippen molar-refractivity contribution in [3.63, 3.8) is 0 Å². The van der Waals surface area contributed by atoms with E-state index in [2.05, 4.69) is 23.7 Å². The van der Waals surface area contributed by atoms with Crippen LogP contribution in [0.25, 0.3) is 0 Å². The van der Waals surface area contributed by atoms with E-state index in [1.807, 2.05) is 43.3 Å². The SMILES string of the molecule is C[C@@H](CC#Cc1ccccc1)[C@H](O)C=C[C@H]1CCC(=O)N1CC#Cc1ccc(C(=O)O)s1. The fourth-order valence-corrected chi connectivity index (χ4v) is 4.00. The summed E-state index contributed by atoms with van der Waals surface area (Å²) in [5.41, 5.74) is 0.952. The molecule has 2 aromatic rings. The first-order valence-electron chi connectivity index (χ1n) is 10.5. The van der Waals surface area contributed by atoms with Gasteiger partial charge in [0.1, 0.15) is 4.88 Å². The number of carbonyl (C=O) groups excluding carboxylic acids is 1. The monoisotopic (exact) mass is 447 g/mol. The minimum Gasteiger partial charge on any atom is -0.477 e. The number of aliphatic hydroxyl groups excluding tert-OH is 1. The Morgan fingerprint density at radius 1 is 1.22 bits per heavy atom. The normalized spacial score (nSPS) is 17.4.